The smallest absolute Gasteiger partial charge is 0.279 e. The molecule has 1 unspecified atom stereocenters. The van der Waals surface area contributed by atoms with Crippen LogP contribution in [-0.4, -0.2) is 37.9 Å². The predicted molar refractivity (Wildman–Crippen MR) is 60.5 cm³/mol. The molecule has 0 bridgehead atoms. The van der Waals surface area contributed by atoms with Crippen molar-refractivity contribution in [3.8, 4) is 0 Å². The fourth-order valence-electron chi connectivity index (χ4n) is 1.66. The number of nitrogens with two attached hydrogens (primary N) is 1. The van der Waals surface area contributed by atoms with Gasteiger partial charge >= 0.3 is 0 Å². The van der Waals surface area contributed by atoms with Crippen LogP contribution in [-0.2, 0) is 10.2 Å². The fourth-order valence-corrected chi connectivity index (χ4v) is 3.32. The van der Waals surface area contributed by atoms with E-state index in [9.17, 15) is 8.42 Å². The first-order valence-electron chi connectivity index (χ1n) is 5.24. The van der Waals surface area contributed by atoms with Gasteiger partial charge in [0.25, 0.3) is 10.2 Å². The molecule has 0 amide bonds. The van der Waals surface area contributed by atoms with Crippen LogP contribution in [0.2, 0.25) is 0 Å². The molecular weight excluding hydrogens is 214 g/mol. The van der Waals surface area contributed by atoms with Gasteiger partial charge in [-0.05, 0) is 39.7 Å². The van der Waals surface area contributed by atoms with Crippen molar-refractivity contribution in [1.29, 1.82) is 0 Å². The Morgan fingerprint density at radius 2 is 2.07 bits per heavy atom. The van der Waals surface area contributed by atoms with Crippen LogP contribution < -0.4 is 10.5 Å². The standard InChI is InChI=1S/C9H21N3O2S/c1-9(2,3)11-15(13,14)12-5-4-8(6-10)7-12/h8,11H,4-7,10H2,1-3H3. The number of hydrogen-bond donors (Lipinski definition) is 2. The molecule has 3 N–H and O–H groups in total. The lowest BCUT2D eigenvalue weighted by Crippen LogP contribution is -2.48. The molecule has 0 spiro atoms. The predicted octanol–water partition coefficient (Wildman–Crippen LogP) is -0.100. The van der Waals surface area contributed by atoms with E-state index in [1.807, 2.05) is 20.8 Å². The minimum absolute atomic E-state index is 0.307. The maximum absolute atomic E-state index is 11.9. The van der Waals surface area contributed by atoms with Crippen LogP contribution >= 0.6 is 0 Å². The molecule has 1 fully saturated rings. The topological polar surface area (TPSA) is 75.4 Å². The average Bonchev–Trinajstić information content (AvgIpc) is 2.47. The molecule has 90 valence electrons. The van der Waals surface area contributed by atoms with Crippen LogP contribution in [0.15, 0.2) is 0 Å². The summed E-state index contributed by atoms with van der Waals surface area (Å²) in [4.78, 5) is 0. The van der Waals surface area contributed by atoms with Crippen molar-refractivity contribution in [2.75, 3.05) is 19.6 Å². The van der Waals surface area contributed by atoms with Crippen LogP contribution in [0.1, 0.15) is 27.2 Å². The molecule has 0 radical (unpaired) electrons. The largest absolute Gasteiger partial charge is 0.330 e. The molecule has 0 aromatic rings. The van der Waals surface area contributed by atoms with Gasteiger partial charge in [-0.25, -0.2) is 0 Å². The Morgan fingerprint density at radius 1 is 1.47 bits per heavy atom. The highest BCUT2D eigenvalue weighted by Crippen LogP contribution is 2.18. The van der Waals surface area contributed by atoms with E-state index in [-0.39, 0.29) is 0 Å². The number of nitrogens with zero attached hydrogens (tertiary/aromatic N) is 1. The van der Waals surface area contributed by atoms with Crippen molar-refractivity contribution in [2.45, 2.75) is 32.7 Å². The average molecular weight is 235 g/mol. The molecule has 1 rings (SSSR count). The lowest BCUT2D eigenvalue weighted by Gasteiger charge is -2.25. The Morgan fingerprint density at radius 3 is 2.47 bits per heavy atom. The molecule has 1 atom stereocenters. The van der Waals surface area contributed by atoms with Crippen LogP contribution in [0.5, 0.6) is 0 Å². The van der Waals surface area contributed by atoms with Gasteiger partial charge < -0.3 is 5.73 Å². The van der Waals surface area contributed by atoms with E-state index >= 15 is 0 Å². The van der Waals surface area contributed by atoms with E-state index in [0.29, 0.717) is 25.6 Å². The Labute approximate surface area is 92.2 Å². The fraction of sp³-hybridized carbons (Fsp3) is 1.00. The second-order valence-corrected chi connectivity index (χ2v) is 6.78. The number of nitrogens with one attached hydrogen (secondary N) is 1. The molecular formula is C9H21N3O2S. The van der Waals surface area contributed by atoms with Crippen molar-refractivity contribution in [1.82, 2.24) is 9.03 Å². The summed E-state index contributed by atoms with van der Waals surface area (Å²) >= 11 is 0. The highest BCUT2D eigenvalue weighted by molar-refractivity contribution is 7.87. The molecule has 1 saturated heterocycles. The van der Waals surface area contributed by atoms with Gasteiger partial charge in [0.05, 0.1) is 0 Å². The van der Waals surface area contributed by atoms with Gasteiger partial charge in [0, 0.05) is 18.6 Å². The molecule has 1 heterocycles. The summed E-state index contributed by atoms with van der Waals surface area (Å²) in [5.74, 6) is 0.307. The molecule has 6 heteroatoms. The maximum atomic E-state index is 11.9. The second-order valence-electron chi connectivity index (χ2n) is 5.11. The summed E-state index contributed by atoms with van der Waals surface area (Å²) in [7, 11) is -3.33. The Balaban J connectivity index is 2.64. The molecule has 0 aliphatic carbocycles. The molecule has 1 aliphatic heterocycles. The van der Waals surface area contributed by atoms with Gasteiger partial charge in [-0.2, -0.15) is 17.4 Å². The van der Waals surface area contributed by atoms with Gasteiger partial charge in [0.15, 0.2) is 0 Å². The first kappa shape index (κ1) is 12.9. The van der Waals surface area contributed by atoms with Gasteiger partial charge in [-0.3, -0.25) is 0 Å². The summed E-state index contributed by atoms with van der Waals surface area (Å²) in [5, 5.41) is 0. The normalized spacial score (nSPS) is 24.7. The molecule has 1 aliphatic rings. The Bertz CT molecular complexity index is 308. The van der Waals surface area contributed by atoms with Gasteiger partial charge in [-0.1, -0.05) is 0 Å². The first-order chi connectivity index (χ1) is 6.74. The van der Waals surface area contributed by atoms with E-state index in [2.05, 4.69) is 4.72 Å². The van der Waals surface area contributed by atoms with Crippen LogP contribution in [0.3, 0.4) is 0 Å². The lowest BCUT2D eigenvalue weighted by molar-refractivity contribution is 0.418. The number of rotatable bonds is 3. The third-order valence-electron chi connectivity index (χ3n) is 2.36. The van der Waals surface area contributed by atoms with Crippen LogP contribution in [0, 0.1) is 5.92 Å². The molecule has 15 heavy (non-hydrogen) atoms. The van der Waals surface area contributed by atoms with Crippen LogP contribution in [0.25, 0.3) is 0 Å². The summed E-state index contributed by atoms with van der Waals surface area (Å²) < 4.78 is 27.9. The molecule has 0 saturated carbocycles. The second kappa shape index (κ2) is 4.37. The highest BCUT2D eigenvalue weighted by atomic mass is 32.2. The van der Waals surface area contributed by atoms with Gasteiger partial charge in [0.1, 0.15) is 0 Å². The lowest BCUT2D eigenvalue weighted by atomic mass is 10.1. The van der Waals surface area contributed by atoms with E-state index < -0.39 is 15.7 Å². The van der Waals surface area contributed by atoms with Gasteiger partial charge in [0.2, 0.25) is 0 Å². The summed E-state index contributed by atoms with van der Waals surface area (Å²) in [6, 6.07) is 0. The molecule has 5 nitrogen and oxygen atoms in total. The SMILES string of the molecule is CC(C)(C)NS(=O)(=O)N1CCC(CN)C1. The van der Waals surface area contributed by atoms with E-state index in [1.54, 1.807) is 0 Å². The molecule has 0 aromatic carbocycles. The molecule has 0 aromatic heterocycles. The maximum Gasteiger partial charge on any atom is 0.279 e. The first-order valence-corrected chi connectivity index (χ1v) is 6.68. The zero-order valence-corrected chi connectivity index (χ0v) is 10.5. The minimum Gasteiger partial charge on any atom is -0.330 e. The summed E-state index contributed by atoms with van der Waals surface area (Å²) in [6.45, 7) is 7.18. The quantitative estimate of drug-likeness (QED) is 0.717. The Hall–Kier alpha value is -0.170. The van der Waals surface area contributed by atoms with Crippen LogP contribution in [0.4, 0.5) is 0 Å². The van der Waals surface area contributed by atoms with Gasteiger partial charge in [-0.15, -0.1) is 0 Å². The monoisotopic (exact) mass is 235 g/mol. The van der Waals surface area contributed by atoms with Crippen molar-refractivity contribution in [2.24, 2.45) is 11.7 Å². The van der Waals surface area contributed by atoms with Crippen molar-refractivity contribution >= 4 is 10.2 Å². The van der Waals surface area contributed by atoms with E-state index in [1.165, 1.54) is 4.31 Å². The van der Waals surface area contributed by atoms with Crippen molar-refractivity contribution in [3.63, 3.8) is 0 Å². The minimum atomic E-state index is -3.33. The summed E-state index contributed by atoms with van der Waals surface area (Å²) in [6.07, 6.45) is 0.863. The third kappa shape index (κ3) is 3.71. The summed E-state index contributed by atoms with van der Waals surface area (Å²) in [5.41, 5.74) is 5.09. The van der Waals surface area contributed by atoms with Crippen molar-refractivity contribution < 1.29 is 8.42 Å². The number of hydrogen-bond acceptors (Lipinski definition) is 3. The van der Waals surface area contributed by atoms with E-state index in [0.717, 1.165) is 6.42 Å². The zero-order chi connectivity index (χ0) is 11.7. The van der Waals surface area contributed by atoms with E-state index in [4.69, 9.17) is 5.73 Å². The van der Waals surface area contributed by atoms with Crippen molar-refractivity contribution in [3.05, 3.63) is 0 Å². The third-order valence-corrected chi connectivity index (χ3v) is 4.24. The highest BCUT2D eigenvalue weighted by Gasteiger charge is 2.32. The zero-order valence-electron chi connectivity index (χ0n) is 9.66. The Kier molecular flexibility index (Phi) is 3.76.